The molecule has 2 aromatic carbocycles. The molecule has 0 saturated carbocycles. The number of hydrogen-bond acceptors (Lipinski definition) is 3. The highest BCUT2D eigenvalue weighted by atomic mass is 79.9. The van der Waals surface area contributed by atoms with Crippen molar-refractivity contribution in [3.63, 3.8) is 0 Å². The molecule has 0 amide bonds. The quantitative estimate of drug-likeness (QED) is 0.721. The van der Waals surface area contributed by atoms with Crippen LogP contribution < -0.4 is 5.32 Å². The maximum absolute atomic E-state index is 5.06. The van der Waals surface area contributed by atoms with Gasteiger partial charge < -0.3 is 10.1 Å². The largest absolute Gasteiger partial charge is 0.383 e. The molecule has 0 fully saturated rings. The predicted octanol–water partition coefficient (Wildman–Crippen LogP) is 4.64. The van der Waals surface area contributed by atoms with Crippen molar-refractivity contribution in [2.75, 3.05) is 20.3 Å². The molecule has 0 aromatic heterocycles. The van der Waals surface area contributed by atoms with E-state index in [9.17, 15) is 0 Å². The molecule has 2 rings (SSSR count). The van der Waals surface area contributed by atoms with Crippen LogP contribution in [0.1, 0.15) is 11.1 Å². The van der Waals surface area contributed by atoms with Gasteiger partial charge in [-0.25, -0.2) is 0 Å². The summed E-state index contributed by atoms with van der Waals surface area (Å²) < 4.78 is 6.17. The van der Waals surface area contributed by atoms with Gasteiger partial charge >= 0.3 is 0 Å². The minimum Gasteiger partial charge on any atom is -0.383 e. The predicted molar refractivity (Wildman–Crippen MR) is 93.0 cm³/mol. The lowest BCUT2D eigenvalue weighted by molar-refractivity contribution is 0.199. The molecule has 0 aliphatic heterocycles. The van der Waals surface area contributed by atoms with Crippen LogP contribution in [0.5, 0.6) is 0 Å². The van der Waals surface area contributed by atoms with Gasteiger partial charge in [0.2, 0.25) is 0 Å². The lowest BCUT2D eigenvalue weighted by Crippen LogP contribution is -2.18. The first kappa shape index (κ1) is 16.6. The Balaban J connectivity index is 2.09. The fraction of sp³-hybridized carbons (Fsp3) is 0.294. The van der Waals surface area contributed by atoms with Gasteiger partial charge in [0.25, 0.3) is 0 Å². The van der Waals surface area contributed by atoms with Crippen molar-refractivity contribution in [2.45, 2.75) is 23.3 Å². The summed E-state index contributed by atoms with van der Waals surface area (Å²) in [5.74, 6) is 0. The standard InChI is InChI=1S/C17H20BrNOS/c1-13-3-7-16(8-4-13)21-17-11-15(18)6-5-14(17)12-19-9-10-20-2/h3-8,11,19H,9-10,12H2,1-2H3. The maximum Gasteiger partial charge on any atom is 0.0587 e. The van der Waals surface area contributed by atoms with Crippen molar-refractivity contribution in [1.82, 2.24) is 5.32 Å². The van der Waals surface area contributed by atoms with E-state index in [0.717, 1.165) is 24.2 Å². The highest BCUT2D eigenvalue weighted by Gasteiger charge is 2.05. The van der Waals surface area contributed by atoms with E-state index >= 15 is 0 Å². The van der Waals surface area contributed by atoms with E-state index in [2.05, 4.69) is 70.6 Å². The van der Waals surface area contributed by atoms with Gasteiger partial charge in [0, 0.05) is 34.5 Å². The second kappa shape index (κ2) is 8.59. The van der Waals surface area contributed by atoms with Crippen LogP contribution in [0.4, 0.5) is 0 Å². The number of nitrogens with one attached hydrogen (secondary N) is 1. The Kier molecular flexibility index (Phi) is 6.77. The summed E-state index contributed by atoms with van der Waals surface area (Å²) in [5.41, 5.74) is 2.59. The molecule has 0 unspecified atom stereocenters. The second-order valence-electron chi connectivity index (χ2n) is 4.84. The Morgan fingerprint density at radius 1 is 1.14 bits per heavy atom. The second-order valence-corrected chi connectivity index (χ2v) is 6.87. The molecular weight excluding hydrogens is 346 g/mol. The van der Waals surface area contributed by atoms with Crippen molar-refractivity contribution in [1.29, 1.82) is 0 Å². The number of methoxy groups -OCH3 is 1. The summed E-state index contributed by atoms with van der Waals surface area (Å²) in [6, 6.07) is 15.1. The number of hydrogen-bond donors (Lipinski definition) is 1. The summed E-state index contributed by atoms with van der Waals surface area (Å²) >= 11 is 5.36. The zero-order chi connectivity index (χ0) is 15.1. The van der Waals surface area contributed by atoms with E-state index < -0.39 is 0 Å². The molecular formula is C17H20BrNOS. The summed E-state index contributed by atoms with van der Waals surface area (Å²) in [5, 5.41) is 3.40. The molecule has 0 bridgehead atoms. The van der Waals surface area contributed by atoms with Crippen LogP contribution in [-0.2, 0) is 11.3 Å². The highest BCUT2D eigenvalue weighted by Crippen LogP contribution is 2.32. The molecule has 1 N–H and O–H groups in total. The fourth-order valence-electron chi connectivity index (χ4n) is 1.90. The van der Waals surface area contributed by atoms with E-state index in [4.69, 9.17) is 4.74 Å². The Morgan fingerprint density at radius 3 is 2.62 bits per heavy atom. The van der Waals surface area contributed by atoms with Crippen LogP contribution in [0, 0.1) is 6.92 Å². The average Bonchev–Trinajstić information content (AvgIpc) is 2.48. The summed E-state index contributed by atoms with van der Waals surface area (Å²) in [6.07, 6.45) is 0. The molecule has 0 aliphatic rings. The summed E-state index contributed by atoms with van der Waals surface area (Å²) in [4.78, 5) is 2.54. The summed E-state index contributed by atoms with van der Waals surface area (Å²) in [7, 11) is 1.72. The van der Waals surface area contributed by atoms with Crippen LogP contribution in [0.25, 0.3) is 0 Å². The van der Waals surface area contributed by atoms with E-state index in [1.54, 1.807) is 18.9 Å². The maximum atomic E-state index is 5.06. The lowest BCUT2D eigenvalue weighted by atomic mass is 10.2. The lowest BCUT2D eigenvalue weighted by Gasteiger charge is -2.11. The SMILES string of the molecule is COCCNCc1ccc(Br)cc1Sc1ccc(C)cc1. The fourth-order valence-corrected chi connectivity index (χ4v) is 3.40. The van der Waals surface area contributed by atoms with Crippen molar-refractivity contribution in [2.24, 2.45) is 0 Å². The normalized spacial score (nSPS) is 10.8. The number of aryl methyl sites for hydroxylation is 1. The van der Waals surface area contributed by atoms with Crippen LogP contribution in [0.3, 0.4) is 0 Å². The molecule has 0 atom stereocenters. The molecule has 2 nitrogen and oxygen atoms in total. The van der Waals surface area contributed by atoms with E-state index in [1.807, 2.05) is 0 Å². The van der Waals surface area contributed by atoms with Gasteiger partial charge in [-0.05, 0) is 36.8 Å². The smallest absolute Gasteiger partial charge is 0.0587 e. The van der Waals surface area contributed by atoms with Crippen LogP contribution in [0.2, 0.25) is 0 Å². The highest BCUT2D eigenvalue weighted by molar-refractivity contribution is 9.10. The molecule has 2 aromatic rings. The molecule has 0 radical (unpaired) electrons. The molecule has 0 saturated heterocycles. The Morgan fingerprint density at radius 2 is 1.90 bits per heavy atom. The van der Waals surface area contributed by atoms with Gasteiger partial charge in [-0.2, -0.15) is 0 Å². The van der Waals surface area contributed by atoms with E-state index in [-0.39, 0.29) is 0 Å². The number of ether oxygens (including phenoxy) is 1. The van der Waals surface area contributed by atoms with Gasteiger partial charge in [-0.1, -0.05) is 51.5 Å². The molecule has 0 aliphatic carbocycles. The van der Waals surface area contributed by atoms with Gasteiger partial charge in [0.05, 0.1) is 6.61 Å². The number of halogens is 1. The van der Waals surface area contributed by atoms with Crippen LogP contribution in [-0.4, -0.2) is 20.3 Å². The third-order valence-corrected chi connectivity index (χ3v) is 4.68. The van der Waals surface area contributed by atoms with Crippen LogP contribution >= 0.6 is 27.7 Å². The first-order valence-corrected chi connectivity index (χ1v) is 8.52. The third kappa shape index (κ3) is 5.47. The number of benzene rings is 2. The monoisotopic (exact) mass is 365 g/mol. The first-order valence-electron chi connectivity index (χ1n) is 6.91. The third-order valence-electron chi connectivity index (χ3n) is 3.08. The van der Waals surface area contributed by atoms with Gasteiger partial charge in [0.15, 0.2) is 0 Å². The molecule has 21 heavy (non-hydrogen) atoms. The topological polar surface area (TPSA) is 21.3 Å². The zero-order valence-corrected chi connectivity index (χ0v) is 14.8. The van der Waals surface area contributed by atoms with Gasteiger partial charge in [-0.15, -0.1) is 0 Å². The van der Waals surface area contributed by atoms with Crippen molar-refractivity contribution >= 4 is 27.7 Å². The summed E-state index contributed by atoms with van der Waals surface area (Å²) in [6.45, 7) is 4.56. The number of rotatable bonds is 7. The minimum absolute atomic E-state index is 0.733. The zero-order valence-electron chi connectivity index (χ0n) is 12.4. The van der Waals surface area contributed by atoms with E-state index in [1.165, 1.54) is 20.9 Å². The molecule has 4 heteroatoms. The molecule has 0 heterocycles. The first-order chi connectivity index (χ1) is 10.2. The van der Waals surface area contributed by atoms with Gasteiger partial charge in [0.1, 0.15) is 0 Å². The van der Waals surface area contributed by atoms with Crippen molar-refractivity contribution in [3.05, 3.63) is 58.1 Å². The van der Waals surface area contributed by atoms with E-state index in [0.29, 0.717) is 0 Å². The Bertz CT molecular complexity index is 572. The molecule has 0 spiro atoms. The van der Waals surface area contributed by atoms with Crippen molar-refractivity contribution in [3.8, 4) is 0 Å². The van der Waals surface area contributed by atoms with Crippen molar-refractivity contribution < 1.29 is 4.74 Å². The average molecular weight is 366 g/mol. The minimum atomic E-state index is 0.733. The Labute approximate surface area is 139 Å². The van der Waals surface area contributed by atoms with Gasteiger partial charge in [-0.3, -0.25) is 0 Å². The Hall–Kier alpha value is -0.810. The molecule has 112 valence electrons. The van der Waals surface area contributed by atoms with Crippen LogP contribution in [0.15, 0.2) is 56.7 Å².